The minimum absolute atomic E-state index is 0.0444. The van der Waals surface area contributed by atoms with Gasteiger partial charge < -0.3 is 14.6 Å². The number of carbonyl (C=O) groups excluding carboxylic acids is 2. The highest BCUT2D eigenvalue weighted by Gasteiger charge is 2.40. The monoisotopic (exact) mass is 276 g/mol. The minimum Gasteiger partial charge on any atom is -0.469 e. The lowest BCUT2D eigenvalue weighted by Gasteiger charge is -2.24. The van der Waals surface area contributed by atoms with Gasteiger partial charge in [-0.25, -0.2) is 0 Å². The van der Waals surface area contributed by atoms with Crippen LogP contribution in [0, 0.1) is 12.8 Å². The van der Waals surface area contributed by atoms with Crippen molar-refractivity contribution >= 4 is 11.8 Å². The van der Waals surface area contributed by atoms with Gasteiger partial charge in [-0.1, -0.05) is 0 Å². The van der Waals surface area contributed by atoms with Crippen LogP contribution in [0.5, 0.6) is 0 Å². The van der Waals surface area contributed by atoms with E-state index in [1.54, 1.807) is 11.2 Å². The summed E-state index contributed by atoms with van der Waals surface area (Å²) in [6.07, 6.45) is 5.28. The van der Waals surface area contributed by atoms with Gasteiger partial charge in [0.05, 0.1) is 6.26 Å². The summed E-state index contributed by atoms with van der Waals surface area (Å²) in [5, 5.41) is 2.92. The Morgan fingerprint density at radius 3 is 2.85 bits per heavy atom. The van der Waals surface area contributed by atoms with Crippen molar-refractivity contribution in [1.29, 1.82) is 0 Å². The smallest absolute Gasteiger partial charge is 0.243 e. The van der Waals surface area contributed by atoms with Gasteiger partial charge in [0.1, 0.15) is 11.8 Å². The highest BCUT2D eigenvalue weighted by Crippen LogP contribution is 2.33. The molecule has 1 aromatic heterocycles. The van der Waals surface area contributed by atoms with Crippen molar-refractivity contribution < 1.29 is 14.0 Å². The number of furan rings is 1. The summed E-state index contributed by atoms with van der Waals surface area (Å²) in [5.41, 5.74) is 0.983. The highest BCUT2D eigenvalue weighted by atomic mass is 16.3. The maximum Gasteiger partial charge on any atom is 0.243 e. The van der Waals surface area contributed by atoms with Crippen LogP contribution in [-0.4, -0.2) is 29.3 Å². The van der Waals surface area contributed by atoms with Crippen molar-refractivity contribution in [2.45, 2.75) is 45.2 Å². The van der Waals surface area contributed by atoms with Crippen LogP contribution in [0.4, 0.5) is 0 Å². The molecule has 1 saturated heterocycles. The molecule has 2 amide bonds. The first kappa shape index (κ1) is 13.2. The molecule has 2 aliphatic rings. The van der Waals surface area contributed by atoms with Gasteiger partial charge in [0, 0.05) is 24.6 Å². The molecule has 5 nitrogen and oxygen atoms in total. The second kappa shape index (κ2) is 5.31. The summed E-state index contributed by atoms with van der Waals surface area (Å²) in [6, 6.07) is 1.58. The summed E-state index contributed by atoms with van der Waals surface area (Å²) < 4.78 is 5.21. The van der Waals surface area contributed by atoms with Crippen molar-refractivity contribution in [3.8, 4) is 0 Å². The number of carbonyl (C=O) groups is 2. The molecule has 1 saturated carbocycles. The van der Waals surface area contributed by atoms with Gasteiger partial charge in [-0.05, 0) is 38.7 Å². The molecule has 2 fully saturated rings. The summed E-state index contributed by atoms with van der Waals surface area (Å²) in [5.74, 6) is 1.13. The third kappa shape index (κ3) is 2.57. The Morgan fingerprint density at radius 2 is 2.20 bits per heavy atom. The lowest BCUT2D eigenvalue weighted by Crippen LogP contribution is -2.46. The molecule has 0 radical (unpaired) electrons. The summed E-state index contributed by atoms with van der Waals surface area (Å²) >= 11 is 0. The van der Waals surface area contributed by atoms with Crippen LogP contribution in [0.25, 0.3) is 0 Å². The maximum atomic E-state index is 12.3. The Kier molecular flexibility index (Phi) is 3.51. The fourth-order valence-electron chi connectivity index (χ4n) is 2.76. The Hall–Kier alpha value is -1.78. The number of aryl methyl sites for hydroxylation is 1. The van der Waals surface area contributed by atoms with Crippen molar-refractivity contribution in [3.63, 3.8) is 0 Å². The third-order valence-electron chi connectivity index (χ3n) is 4.18. The summed E-state index contributed by atoms with van der Waals surface area (Å²) in [6.45, 7) is 3.06. The van der Waals surface area contributed by atoms with Crippen LogP contribution in [0.1, 0.15) is 37.0 Å². The van der Waals surface area contributed by atoms with Crippen LogP contribution in [0.15, 0.2) is 16.7 Å². The first-order valence-electron chi connectivity index (χ1n) is 7.28. The second-order valence-electron chi connectivity index (χ2n) is 5.68. The number of hydrogen-bond donors (Lipinski definition) is 1. The van der Waals surface area contributed by atoms with E-state index >= 15 is 0 Å². The fraction of sp³-hybridized carbons (Fsp3) is 0.600. The number of amides is 2. The van der Waals surface area contributed by atoms with Crippen molar-refractivity contribution in [2.24, 2.45) is 5.92 Å². The molecule has 0 unspecified atom stereocenters. The molecule has 20 heavy (non-hydrogen) atoms. The average Bonchev–Trinajstić information content (AvgIpc) is 3.03. The number of likely N-dealkylation sites (tertiary alicyclic amines) is 1. The molecule has 1 aliphatic heterocycles. The zero-order chi connectivity index (χ0) is 14.1. The standard InChI is InChI=1S/C15H20N2O3/c1-10-12(6-8-20-10)9-16-14(18)13-3-2-7-17(13)15(19)11-4-5-11/h6,8,11,13H,2-5,7,9H2,1H3,(H,16,18)/t13-/m1/s1. The molecule has 1 N–H and O–H groups in total. The van der Waals surface area contributed by atoms with Crippen LogP contribution >= 0.6 is 0 Å². The molecule has 5 heteroatoms. The highest BCUT2D eigenvalue weighted by molar-refractivity contribution is 5.89. The van der Waals surface area contributed by atoms with Gasteiger partial charge >= 0.3 is 0 Å². The molecule has 0 spiro atoms. The number of nitrogens with one attached hydrogen (secondary N) is 1. The lowest BCUT2D eigenvalue weighted by atomic mass is 10.2. The Morgan fingerprint density at radius 1 is 1.40 bits per heavy atom. The van der Waals surface area contributed by atoms with Gasteiger partial charge in [0.15, 0.2) is 0 Å². The Labute approximate surface area is 118 Å². The number of nitrogens with zero attached hydrogens (tertiary/aromatic N) is 1. The molecular weight excluding hydrogens is 256 g/mol. The molecule has 3 rings (SSSR count). The molecule has 1 atom stereocenters. The van der Waals surface area contributed by atoms with E-state index in [0.29, 0.717) is 6.54 Å². The largest absolute Gasteiger partial charge is 0.469 e. The Balaban J connectivity index is 1.58. The van der Waals surface area contributed by atoms with E-state index in [2.05, 4.69) is 5.32 Å². The SMILES string of the molecule is Cc1occc1CNC(=O)[C@H]1CCCN1C(=O)C1CC1. The molecule has 1 aromatic rings. The van der Waals surface area contributed by atoms with Crippen molar-refractivity contribution in [1.82, 2.24) is 10.2 Å². The molecule has 0 aromatic carbocycles. The van der Waals surface area contributed by atoms with Crippen molar-refractivity contribution in [2.75, 3.05) is 6.54 Å². The molecule has 0 bridgehead atoms. The number of rotatable bonds is 4. The van der Waals surface area contributed by atoms with Crippen LogP contribution in [-0.2, 0) is 16.1 Å². The average molecular weight is 276 g/mol. The van der Waals surface area contributed by atoms with E-state index < -0.39 is 0 Å². The van der Waals surface area contributed by atoms with Crippen molar-refractivity contribution in [3.05, 3.63) is 23.7 Å². The van der Waals surface area contributed by atoms with E-state index in [1.165, 1.54) is 0 Å². The molecule has 1 aliphatic carbocycles. The first-order valence-corrected chi connectivity index (χ1v) is 7.28. The number of hydrogen-bond acceptors (Lipinski definition) is 3. The lowest BCUT2D eigenvalue weighted by molar-refractivity contribution is -0.139. The van der Waals surface area contributed by atoms with Gasteiger partial charge in [-0.3, -0.25) is 9.59 Å². The van der Waals surface area contributed by atoms with E-state index in [-0.39, 0.29) is 23.8 Å². The molecule has 2 heterocycles. The summed E-state index contributed by atoms with van der Waals surface area (Å²) in [7, 11) is 0. The Bertz CT molecular complexity index is 519. The van der Waals surface area contributed by atoms with Crippen LogP contribution in [0.2, 0.25) is 0 Å². The van der Waals surface area contributed by atoms with Gasteiger partial charge in [0.25, 0.3) is 0 Å². The second-order valence-corrected chi connectivity index (χ2v) is 5.68. The van der Waals surface area contributed by atoms with E-state index in [9.17, 15) is 9.59 Å². The van der Waals surface area contributed by atoms with Gasteiger partial charge in [-0.2, -0.15) is 0 Å². The maximum absolute atomic E-state index is 12.3. The van der Waals surface area contributed by atoms with E-state index in [4.69, 9.17) is 4.42 Å². The zero-order valence-electron chi connectivity index (χ0n) is 11.7. The van der Waals surface area contributed by atoms with Crippen LogP contribution < -0.4 is 5.32 Å². The van der Waals surface area contributed by atoms with E-state index in [1.807, 2.05) is 13.0 Å². The van der Waals surface area contributed by atoms with E-state index in [0.717, 1.165) is 43.6 Å². The van der Waals surface area contributed by atoms with Gasteiger partial charge in [0.2, 0.25) is 11.8 Å². The molecule has 108 valence electrons. The van der Waals surface area contributed by atoms with Gasteiger partial charge in [-0.15, -0.1) is 0 Å². The first-order chi connectivity index (χ1) is 9.66. The predicted octanol–water partition coefficient (Wildman–Crippen LogP) is 1.61. The quantitative estimate of drug-likeness (QED) is 0.908. The predicted molar refractivity (Wildman–Crippen MR) is 72.8 cm³/mol. The summed E-state index contributed by atoms with van der Waals surface area (Å²) in [4.78, 5) is 26.2. The van der Waals surface area contributed by atoms with Crippen LogP contribution in [0.3, 0.4) is 0 Å². The topological polar surface area (TPSA) is 62.6 Å². The molecular formula is C15H20N2O3. The fourth-order valence-corrected chi connectivity index (χ4v) is 2.76. The normalized spacial score (nSPS) is 22.1. The third-order valence-corrected chi connectivity index (χ3v) is 4.18. The minimum atomic E-state index is -0.282. The zero-order valence-corrected chi connectivity index (χ0v) is 11.7.